The van der Waals surface area contributed by atoms with Crippen LogP contribution in [0.3, 0.4) is 0 Å². The molecule has 0 heterocycles. The van der Waals surface area contributed by atoms with Gasteiger partial charge >= 0.3 is 6.18 Å². The van der Waals surface area contributed by atoms with E-state index in [1.807, 2.05) is 0 Å². The second-order valence-corrected chi connectivity index (χ2v) is 5.89. The highest BCUT2D eigenvalue weighted by Crippen LogP contribution is 2.48. The minimum absolute atomic E-state index is 0.0171. The molecule has 2 aromatic rings. The number of carbonyl (C=O) groups is 1. The lowest BCUT2D eigenvalue weighted by atomic mass is 10.1. The Labute approximate surface area is 136 Å². The van der Waals surface area contributed by atoms with E-state index in [4.69, 9.17) is 0 Å². The molecule has 1 amide bonds. The smallest absolute Gasteiger partial charge is 0.352 e. The Balaban J connectivity index is 1.59. The number of rotatable bonds is 4. The molecule has 6 heteroatoms. The van der Waals surface area contributed by atoms with Crippen LogP contribution in [-0.4, -0.2) is 5.91 Å². The van der Waals surface area contributed by atoms with Gasteiger partial charge in [0.1, 0.15) is 5.82 Å². The second kappa shape index (κ2) is 6.26. The van der Waals surface area contributed by atoms with Crippen LogP contribution in [0, 0.1) is 11.7 Å². The fraction of sp³-hybridized carbons (Fsp3) is 0.278. The molecule has 0 aliphatic heterocycles. The van der Waals surface area contributed by atoms with E-state index < -0.39 is 11.7 Å². The first-order valence-electron chi connectivity index (χ1n) is 7.54. The van der Waals surface area contributed by atoms with E-state index in [1.54, 1.807) is 18.2 Å². The topological polar surface area (TPSA) is 29.1 Å². The van der Waals surface area contributed by atoms with Crippen LogP contribution < -0.4 is 5.32 Å². The zero-order chi connectivity index (χ0) is 17.3. The first-order chi connectivity index (χ1) is 11.4. The third-order valence-corrected chi connectivity index (χ3v) is 4.15. The lowest BCUT2D eigenvalue weighted by Crippen LogP contribution is -2.25. The monoisotopic (exact) mass is 337 g/mol. The average molecular weight is 337 g/mol. The number of alkyl halides is 3. The first-order valence-corrected chi connectivity index (χ1v) is 7.54. The fourth-order valence-corrected chi connectivity index (χ4v) is 2.78. The van der Waals surface area contributed by atoms with Gasteiger partial charge in [-0.3, -0.25) is 4.79 Å². The van der Waals surface area contributed by atoms with Crippen molar-refractivity contribution in [3.63, 3.8) is 0 Å². The zero-order valence-electron chi connectivity index (χ0n) is 12.6. The highest BCUT2D eigenvalue weighted by molar-refractivity contribution is 5.82. The average Bonchev–Trinajstić information content (AvgIpc) is 3.33. The molecule has 126 valence electrons. The Morgan fingerprint density at radius 1 is 1.12 bits per heavy atom. The van der Waals surface area contributed by atoms with Gasteiger partial charge in [0.05, 0.1) is 5.56 Å². The normalized spacial score (nSPS) is 19.8. The Morgan fingerprint density at radius 2 is 1.88 bits per heavy atom. The molecule has 0 spiro atoms. The number of hydrogen-bond donors (Lipinski definition) is 1. The SMILES string of the molecule is O=C(NCc1cccc(C(F)(F)F)c1)C1CC1c1ccccc1F. The predicted octanol–water partition coefficient (Wildman–Crippen LogP) is 4.26. The number of hydrogen-bond acceptors (Lipinski definition) is 1. The van der Waals surface area contributed by atoms with Crippen LogP contribution in [0.1, 0.15) is 29.0 Å². The van der Waals surface area contributed by atoms with Gasteiger partial charge in [0.2, 0.25) is 5.91 Å². The minimum atomic E-state index is -4.41. The van der Waals surface area contributed by atoms with Crippen molar-refractivity contribution in [1.82, 2.24) is 5.32 Å². The third-order valence-electron chi connectivity index (χ3n) is 4.15. The van der Waals surface area contributed by atoms with Crippen LogP contribution in [-0.2, 0) is 17.5 Å². The first kappa shape index (κ1) is 16.5. The molecule has 2 nitrogen and oxygen atoms in total. The quantitative estimate of drug-likeness (QED) is 0.830. The fourth-order valence-electron chi connectivity index (χ4n) is 2.78. The van der Waals surface area contributed by atoms with Crippen molar-refractivity contribution >= 4 is 5.91 Å². The van der Waals surface area contributed by atoms with Crippen molar-refractivity contribution in [1.29, 1.82) is 0 Å². The van der Waals surface area contributed by atoms with E-state index >= 15 is 0 Å². The summed E-state index contributed by atoms with van der Waals surface area (Å²) in [5.41, 5.74) is 0.142. The lowest BCUT2D eigenvalue weighted by molar-refractivity contribution is -0.137. The molecule has 1 aliphatic rings. The van der Waals surface area contributed by atoms with Crippen LogP contribution in [0.4, 0.5) is 17.6 Å². The molecule has 0 bridgehead atoms. The second-order valence-electron chi connectivity index (χ2n) is 5.89. The molecule has 2 unspecified atom stereocenters. The van der Waals surface area contributed by atoms with E-state index in [0.717, 1.165) is 12.1 Å². The molecular formula is C18H15F4NO. The molecule has 1 N–H and O–H groups in total. The molecule has 3 rings (SSSR count). The number of nitrogens with one attached hydrogen (secondary N) is 1. The highest BCUT2D eigenvalue weighted by atomic mass is 19.4. The molecule has 2 aromatic carbocycles. The number of halogens is 4. The maximum atomic E-state index is 13.7. The Bertz CT molecular complexity index is 757. The predicted molar refractivity (Wildman–Crippen MR) is 80.5 cm³/mol. The van der Waals surface area contributed by atoms with Crippen LogP contribution >= 0.6 is 0 Å². The summed E-state index contributed by atoms with van der Waals surface area (Å²) in [7, 11) is 0. The molecular weight excluding hydrogens is 322 g/mol. The summed E-state index contributed by atoms with van der Waals surface area (Å²) in [4.78, 5) is 12.1. The van der Waals surface area contributed by atoms with E-state index in [2.05, 4.69) is 5.32 Å². The molecule has 0 radical (unpaired) electrons. The van der Waals surface area contributed by atoms with E-state index in [0.29, 0.717) is 17.5 Å². The van der Waals surface area contributed by atoms with Gasteiger partial charge in [0.25, 0.3) is 0 Å². The van der Waals surface area contributed by atoms with Gasteiger partial charge in [0, 0.05) is 12.5 Å². The van der Waals surface area contributed by atoms with Crippen molar-refractivity contribution in [3.05, 3.63) is 71.0 Å². The maximum Gasteiger partial charge on any atom is 0.416 e. The standard InChI is InChI=1S/C18H15F4NO/c19-16-7-2-1-6-13(16)14-9-15(14)17(24)23-10-11-4-3-5-12(8-11)18(20,21)22/h1-8,14-15H,9-10H2,(H,23,24). The van der Waals surface area contributed by atoms with Crippen molar-refractivity contribution in [3.8, 4) is 0 Å². The van der Waals surface area contributed by atoms with Gasteiger partial charge < -0.3 is 5.32 Å². The van der Waals surface area contributed by atoms with Crippen LogP contribution in [0.5, 0.6) is 0 Å². The Kier molecular flexibility index (Phi) is 4.30. The van der Waals surface area contributed by atoms with Gasteiger partial charge in [-0.2, -0.15) is 13.2 Å². The molecule has 1 fully saturated rings. The highest BCUT2D eigenvalue weighted by Gasteiger charge is 2.44. The van der Waals surface area contributed by atoms with Gasteiger partial charge in [-0.05, 0) is 41.7 Å². The van der Waals surface area contributed by atoms with Crippen molar-refractivity contribution in [2.75, 3.05) is 0 Å². The number of amides is 1. The summed E-state index contributed by atoms with van der Waals surface area (Å²) in [5.74, 6) is -1.09. The van der Waals surface area contributed by atoms with Crippen LogP contribution in [0.25, 0.3) is 0 Å². The van der Waals surface area contributed by atoms with Crippen LogP contribution in [0.15, 0.2) is 48.5 Å². The minimum Gasteiger partial charge on any atom is -0.352 e. The summed E-state index contributed by atoms with van der Waals surface area (Å²) in [6, 6.07) is 11.1. The number of benzene rings is 2. The van der Waals surface area contributed by atoms with Gasteiger partial charge in [-0.15, -0.1) is 0 Å². The summed E-state index contributed by atoms with van der Waals surface area (Å²) >= 11 is 0. The van der Waals surface area contributed by atoms with Crippen molar-refractivity contribution < 1.29 is 22.4 Å². The van der Waals surface area contributed by atoms with E-state index in [9.17, 15) is 22.4 Å². The van der Waals surface area contributed by atoms with E-state index in [-0.39, 0.29) is 30.1 Å². The number of carbonyl (C=O) groups excluding carboxylic acids is 1. The molecule has 0 saturated heterocycles. The van der Waals surface area contributed by atoms with Crippen molar-refractivity contribution in [2.24, 2.45) is 5.92 Å². The largest absolute Gasteiger partial charge is 0.416 e. The van der Waals surface area contributed by atoms with E-state index in [1.165, 1.54) is 18.2 Å². The van der Waals surface area contributed by atoms with Crippen LogP contribution in [0.2, 0.25) is 0 Å². The third kappa shape index (κ3) is 3.58. The molecule has 24 heavy (non-hydrogen) atoms. The van der Waals surface area contributed by atoms with Gasteiger partial charge in [-0.25, -0.2) is 4.39 Å². The summed E-state index contributed by atoms with van der Waals surface area (Å²) in [5, 5.41) is 2.63. The van der Waals surface area contributed by atoms with Gasteiger partial charge in [0.15, 0.2) is 0 Å². The zero-order valence-corrected chi connectivity index (χ0v) is 12.6. The molecule has 1 aliphatic carbocycles. The lowest BCUT2D eigenvalue weighted by Gasteiger charge is -2.10. The Morgan fingerprint density at radius 3 is 2.58 bits per heavy atom. The van der Waals surface area contributed by atoms with Crippen molar-refractivity contribution in [2.45, 2.75) is 25.1 Å². The molecule has 2 atom stereocenters. The summed E-state index contributed by atoms with van der Waals surface area (Å²) < 4.78 is 51.7. The maximum absolute atomic E-state index is 13.7. The summed E-state index contributed by atoms with van der Waals surface area (Å²) in [6.45, 7) is 0.0171. The summed E-state index contributed by atoms with van der Waals surface area (Å²) in [6.07, 6.45) is -3.86. The Hall–Kier alpha value is -2.37. The molecule has 1 saturated carbocycles. The van der Waals surface area contributed by atoms with Gasteiger partial charge in [-0.1, -0.05) is 30.3 Å². The molecule has 0 aromatic heterocycles.